The van der Waals surface area contributed by atoms with Gasteiger partial charge in [0.1, 0.15) is 5.41 Å². The van der Waals surface area contributed by atoms with Crippen LogP contribution in [0.3, 0.4) is 0 Å². The zero-order valence-corrected chi connectivity index (χ0v) is 10.4. The van der Waals surface area contributed by atoms with Gasteiger partial charge < -0.3 is 9.84 Å². The number of carboxylic acids is 1. The van der Waals surface area contributed by atoms with Crippen molar-refractivity contribution in [2.75, 3.05) is 26.3 Å². The van der Waals surface area contributed by atoms with Crippen LogP contribution in [0.25, 0.3) is 0 Å². The lowest BCUT2D eigenvalue weighted by atomic mass is 9.74. The zero-order chi connectivity index (χ0) is 12.1. The molecule has 3 fully saturated rings. The molecule has 96 valence electrons. The molecule has 1 N–H and O–H groups in total. The molecule has 4 nitrogen and oxygen atoms in total. The smallest absolute Gasteiger partial charge is 0.313 e. The predicted molar refractivity (Wildman–Crippen MR) is 62.8 cm³/mol. The Morgan fingerprint density at radius 3 is 2.59 bits per heavy atom. The Hall–Kier alpha value is -0.610. The molecule has 0 aromatic rings. The fraction of sp³-hybridized carbons (Fsp3) is 0.923. The third kappa shape index (κ3) is 1.61. The first kappa shape index (κ1) is 11.5. The second-order valence-corrected chi connectivity index (χ2v) is 6.37. The average Bonchev–Trinajstić information content (AvgIpc) is 2.82. The van der Waals surface area contributed by atoms with Crippen LogP contribution in [0, 0.1) is 10.8 Å². The lowest BCUT2D eigenvalue weighted by Crippen LogP contribution is -2.63. The minimum atomic E-state index is -0.715. The quantitative estimate of drug-likeness (QED) is 0.790. The molecule has 0 aromatic carbocycles. The Morgan fingerprint density at radius 2 is 2.00 bits per heavy atom. The van der Waals surface area contributed by atoms with Crippen molar-refractivity contribution in [2.24, 2.45) is 10.8 Å². The molecule has 17 heavy (non-hydrogen) atoms. The molecule has 1 aliphatic carbocycles. The van der Waals surface area contributed by atoms with Gasteiger partial charge in [-0.15, -0.1) is 0 Å². The summed E-state index contributed by atoms with van der Waals surface area (Å²) in [5.41, 5.74) is -0.178. The third-order valence-electron chi connectivity index (χ3n) is 5.08. The number of likely N-dealkylation sites (tertiary alicyclic amines) is 1. The van der Waals surface area contributed by atoms with E-state index < -0.39 is 11.4 Å². The van der Waals surface area contributed by atoms with Crippen LogP contribution >= 0.6 is 0 Å². The summed E-state index contributed by atoms with van der Waals surface area (Å²) >= 11 is 0. The van der Waals surface area contributed by atoms with Crippen molar-refractivity contribution in [3.63, 3.8) is 0 Å². The van der Waals surface area contributed by atoms with E-state index in [0.29, 0.717) is 18.6 Å². The van der Waals surface area contributed by atoms with Gasteiger partial charge >= 0.3 is 5.97 Å². The van der Waals surface area contributed by atoms with Crippen molar-refractivity contribution in [3.8, 4) is 0 Å². The van der Waals surface area contributed by atoms with Crippen LogP contribution in [0.5, 0.6) is 0 Å². The average molecular weight is 239 g/mol. The first-order valence-electron chi connectivity index (χ1n) is 6.61. The molecule has 2 aliphatic heterocycles. The summed E-state index contributed by atoms with van der Waals surface area (Å²) in [7, 11) is 0. The highest BCUT2D eigenvalue weighted by Gasteiger charge is 2.55. The van der Waals surface area contributed by atoms with E-state index in [4.69, 9.17) is 4.74 Å². The van der Waals surface area contributed by atoms with Crippen molar-refractivity contribution in [1.29, 1.82) is 0 Å². The van der Waals surface area contributed by atoms with Crippen molar-refractivity contribution >= 4 is 5.97 Å². The van der Waals surface area contributed by atoms with E-state index in [1.807, 2.05) is 6.92 Å². The normalized spacial score (nSPS) is 40.6. The molecule has 2 unspecified atom stereocenters. The summed E-state index contributed by atoms with van der Waals surface area (Å²) < 4.78 is 5.42. The van der Waals surface area contributed by atoms with Crippen LogP contribution in [0.1, 0.15) is 32.6 Å². The highest BCUT2D eigenvalue weighted by atomic mass is 16.5. The molecule has 2 atom stereocenters. The van der Waals surface area contributed by atoms with Gasteiger partial charge in [-0.3, -0.25) is 9.69 Å². The monoisotopic (exact) mass is 239 g/mol. The van der Waals surface area contributed by atoms with Crippen LogP contribution in [0.2, 0.25) is 0 Å². The topological polar surface area (TPSA) is 49.8 Å². The number of nitrogens with zero attached hydrogens (tertiary/aromatic N) is 1. The molecular formula is C13H21NO3. The fourth-order valence-corrected chi connectivity index (χ4v) is 3.85. The van der Waals surface area contributed by atoms with Crippen LogP contribution in [0.15, 0.2) is 0 Å². The SMILES string of the molecule is CC1(C(=O)O)COCC1N1CC2(CCCC2)C1. The largest absolute Gasteiger partial charge is 0.481 e. The minimum Gasteiger partial charge on any atom is -0.481 e. The van der Waals surface area contributed by atoms with Gasteiger partial charge in [0.2, 0.25) is 0 Å². The fourth-order valence-electron chi connectivity index (χ4n) is 3.85. The number of ether oxygens (including phenoxy) is 1. The minimum absolute atomic E-state index is 0.0752. The maximum absolute atomic E-state index is 11.4. The van der Waals surface area contributed by atoms with Crippen molar-refractivity contribution < 1.29 is 14.6 Å². The van der Waals surface area contributed by atoms with E-state index in [-0.39, 0.29) is 6.04 Å². The van der Waals surface area contributed by atoms with Crippen LogP contribution in [-0.2, 0) is 9.53 Å². The van der Waals surface area contributed by atoms with Gasteiger partial charge in [-0.05, 0) is 25.2 Å². The number of aliphatic carboxylic acids is 1. The second-order valence-electron chi connectivity index (χ2n) is 6.37. The van der Waals surface area contributed by atoms with E-state index in [1.165, 1.54) is 25.7 Å². The first-order valence-corrected chi connectivity index (χ1v) is 6.61. The number of carbonyl (C=O) groups is 1. The Kier molecular flexibility index (Phi) is 2.49. The first-order chi connectivity index (χ1) is 8.06. The second kappa shape index (κ2) is 3.69. The standard InChI is InChI=1S/C13H21NO3/c1-12(11(15)16)9-17-6-10(12)14-7-13(8-14)4-2-3-5-13/h10H,2-9H2,1H3,(H,15,16). The third-order valence-corrected chi connectivity index (χ3v) is 5.08. The lowest BCUT2D eigenvalue weighted by molar-refractivity contribution is -0.153. The molecule has 0 bridgehead atoms. The number of hydrogen-bond acceptors (Lipinski definition) is 3. The molecule has 3 rings (SSSR count). The van der Waals surface area contributed by atoms with Crippen LogP contribution in [-0.4, -0.2) is 48.3 Å². The van der Waals surface area contributed by atoms with Gasteiger partial charge in [0.15, 0.2) is 0 Å². The van der Waals surface area contributed by atoms with E-state index in [1.54, 1.807) is 0 Å². The van der Waals surface area contributed by atoms with E-state index >= 15 is 0 Å². The van der Waals surface area contributed by atoms with Gasteiger partial charge in [0, 0.05) is 13.1 Å². The van der Waals surface area contributed by atoms with Crippen molar-refractivity contribution in [1.82, 2.24) is 4.90 Å². The van der Waals surface area contributed by atoms with E-state index in [0.717, 1.165) is 13.1 Å². The lowest BCUT2D eigenvalue weighted by Gasteiger charge is -2.53. The van der Waals surface area contributed by atoms with Crippen LogP contribution < -0.4 is 0 Å². The molecule has 0 aromatic heterocycles. The summed E-state index contributed by atoms with van der Waals surface area (Å²) in [6, 6.07) is 0.0752. The molecular weight excluding hydrogens is 218 g/mol. The van der Waals surface area contributed by atoms with Gasteiger partial charge in [0.25, 0.3) is 0 Å². The summed E-state index contributed by atoms with van der Waals surface area (Å²) in [4.78, 5) is 13.7. The molecule has 1 spiro atoms. The zero-order valence-electron chi connectivity index (χ0n) is 10.4. The summed E-state index contributed by atoms with van der Waals surface area (Å²) in [6.07, 6.45) is 5.37. The summed E-state index contributed by atoms with van der Waals surface area (Å²) in [6.45, 7) is 4.94. The Bertz CT molecular complexity index is 330. The van der Waals surface area contributed by atoms with Gasteiger partial charge in [-0.25, -0.2) is 0 Å². The number of hydrogen-bond donors (Lipinski definition) is 1. The maximum atomic E-state index is 11.4. The Labute approximate surface area is 102 Å². The maximum Gasteiger partial charge on any atom is 0.313 e. The van der Waals surface area contributed by atoms with Crippen molar-refractivity contribution in [3.05, 3.63) is 0 Å². The van der Waals surface area contributed by atoms with Gasteiger partial charge in [0.05, 0.1) is 19.3 Å². The van der Waals surface area contributed by atoms with E-state index in [9.17, 15) is 9.90 Å². The summed E-state index contributed by atoms with van der Waals surface area (Å²) in [5.74, 6) is -0.715. The number of rotatable bonds is 2. The Balaban J connectivity index is 1.68. The summed E-state index contributed by atoms with van der Waals surface area (Å²) in [5, 5.41) is 9.36. The molecule has 3 aliphatic rings. The predicted octanol–water partition coefficient (Wildman–Crippen LogP) is 1.35. The van der Waals surface area contributed by atoms with Crippen LogP contribution in [0.4, 0.5) is 0 Å². The molecule has 2 heterocycles. The molecule has 4 heteroatoms. The molecule has 2 saturated heterocycles. The van der Waals surface area contributed by atoms with Crippen molar-refractivity contribution in [2.45, 2.75) is 38.6 Å². The highest BCUT2D eigenvalue weighted by Crippen LogP contribution is 2.48. The van der Waals surface area contributed by atoms with Gasteiger partial charge in [-0.2, -0.15) is 0 Å². The number of carboxylic acid groups (broad SMARTS) is 1. The van der Waals surface area contributed by atoms with E-state index in [2.05, 4.69) is 4.90 Å². The highest BCUT2D eigenvalue weighted by molar-refractivity contribution is 5.75. The molecule has 0 radical (unpaired) electrons. The molecule has 1 saturated carbocycles. The Morgan fingerprint density at radius 1 is 1.35 bits per heavy atom. The van der Waals surface area contributed by atoms with Gasteiger partial charge in [-0.1, -0.05) is 12.8 Å². The molecule has 0 amide bonds.